The van der Waals surface area contributed by atoms with E-state index in [0.717, 1.165) is 12.8 Å². The number of hydrogen-bond donors (Lipinski definition) is 2. The Kier molecular flexibility index (Phi) is 45.2. The number of rotatable bonds is 47. The molecule has 0 radical (unpaired) electrons. The molecule has 310 valence electrons. The summed E-state index contributed by atoms with van der Waals surface area (Å²) >= 11 is 0. The molecule has 0 aliphatic rings. The fraction of sp³-hybridized carbons (Fsp3) is 0.958. The van der Waals surface area contributed by atoms with E-state index in [-0.39, 0.29) is 11.8 Å². The zero-order valence-corrected chi connectivity index (χ0v) is 35.5. The lowest BCUT2D eigenvalue weighted by Crippen LogP contribution is -2.09. The average Bonchev–Trinajstić information content (AvgIpc) is 3.12. The molecule has 0 spiro atoms. The largest absolute Gasteiger partial charge is 0.370 e. The quantitative estimate of drug-likeness (QED) is 0.0610. The molecule has 0 bridgehead atoms. The summed E-state index contributed by atoms with van der Waals surface area (Å²) in [7, 11) is 0. The van der Waals surface area contributed by atoms with Gasteiger partial charge in [0, 0.05) is 12.8 Å². The molecular weight excluding hydrogens is 637 g/mol. The number of nitrogens with two attached hydrogens (primary N) is 2. The van der Waals surface area contributed by atoms with Gasteiger partial charge in [0.1, 0.15) is 0 Å². The smallest absolute Gasteiger partial charge is 0.217 e. The van der Waals surface area contributed by atoms with Crippen LogP contribution in [0, 0.1) is 0 Å². The van der Waals surface area contributed by atoms with Gasteiger partial charge in [-0.15, -0.1) is 0 Å². The lowest BCUT2D eigenvalue weighted by molar-refractivity contribution is -0.119. The Morgan fingerprint density at radius 1 is 0.173 bits per heavy atom. The Balaban J connectivity index is 3.06. The third kappa shape index (κ3) is 48.9. The Labute approximate surface area is 327 Å². The van der Waals surface area contributed by atoms with Gasteiger partial charge in [0.15, 0.2) is 0 Å². The van der Waals surface area contributed by atoms with Crippen LogP contribution in [-0.2, 0) is 9.59 Å². The molecule has 4 N–H and O–H groups in total. The zero-order chi connectivity index (χ0) is 37.7. The molecule has 52 heavy (non-hydrogen) atoms. The molecule has 0 atom stereocenters. The van der Waals surface area contributed by atoms with Gasteiger partial charge in [-0.05, 0) is 12.8 Å². The molecule has 2 amide bonds. The number of unbranched alkanes of at least 4 members (excludes halogenated alkanes) is 43. The van der Waals surface area contributed by atoms with Gasteiger partial charge in [0.25, 0.3) is 0 Å². The monoisotopic (exact) mass is 733 g/mol. The van der Waals surface area contributed by atoms with Crippen molar-refractivity contribution in [3.8, 4) is 0 Å². The van der Waals surface area contributed by atoms with E-state index in [9.17, 15) is 9.59 Å². The van der Waals surface area contributed by atoms with Crippen molar-refractivity contribution in [3.63, 3.8) is 0 Å². The molecule has 0 aliphatic heterocycles. The first kappa shape index (κ1) is 50.9. The van der Waals surface area contributed by atoms with Crippen LogP contribution in [0.25, 0.3) is 0 Å². The normalized spacial score (nSPS) is 11.5. The topological polar surface area (TPSA) is 86.2 Å². The van der Waals surface area contributed by atoms with Crippen LogP contribution in [-0.4, -0.2) is 11.8 Å². The van der Waals surface area contributed by atoms with Gasteiger partial charge in [-0.1, -0.05) is 270 Å². The van der Waals surface area contributed by atoms with Crippen molar-refractivity contribution in [2.75, 3.05) is 0 Å². The Morgan fingerprint density at radius 3 is 0.327 bits per heavy atom. The van der Waals surface area contributed by atoms with Gasteiger partial charge in [0.05, 0.1) is 0 Å². The number of hydrogen-bond acceptors (Lipinski definition) is 2. The molecule has 0 aromatic heterocycles. The summed E-state index contributed by atoms with van der Waals surface area (Å²) in [5, 5.41) is 0. The maximum atomic E-state index is 10.7. The summed E-state index contributed by atoms with van der Waals surface area (Å²) in [6, 6.07) is 0. The van der Waals surface area contributed by atoms with Crippen molar-refractivity contribution in [3.05, 3.63) is 0 Å². The first-order valence-electron chi connectivity index (χ1n) is 24.2. The van der Waals surface area contributed by atoms with Crippen LogP contribution in [0.15, 0.2) is 0 Å². The van der Waals surface area contributed by atoms with Crippen LogP contribution < -0.4 is 11.5 Å². The molecule has 4 nitrogen and oxygen atoms in total. The molecule has 0 heterocycles. The van der Waals surface area contributed by atoms with Crippen molar-refractivity contribution in [1.82, 2.24) is 0 Å². The SMILES string of the molecule is NC(=O)CCCCCCCCCCCCCCCCCCCCCCCCCCCCCCCCCCCCCCCCCCCCCCC(N)=O. The molecule has 0 saturated heterocycles. The van der Waals surface area contributed by atoms with Crippen molar-refractivity contribution in [2.45, 2.75) is 295 Å². The van der Waals surface area contributed by atoms with Crippen molar-refractivity contribution in [2.24, 2.45) is 11.5 Å². The number of carbonyl (C=O) groups excluding carboxylic acids is 2. The van der Waals surface area contributed by atoms with E-state index in [2.05, 4.69) is 0 Å². The summed E-state index contributed by atoms with van der Waals surface area (Å²) in [5.41, 5.74) is 10.4. The standard InChI is InChI=1S/C48H96N2O2/c49-47(51)45-43-41-39-37-35-33-31-29-27-25-23-21-19-17-15-13-11-9-7-5-3-1-2-4-6-8-10-12-14-16-18-20-22-24-26-28-30-32-34-36-38-40-42-44-46-48(50)52/h1-46H2,(H2,49,51)(H2,50,52). The van der Waals surface area contributed by atoms with E-state index in [1.807, 2.05) is 0 Å². The first-order chi connectivity index (χ1) is 25.6. The van der Waals surface area contributed by atoms with Gasteiger partial charge < -0.3 is 11.5 Å². The third-order valence-corrected chi connectivity index (χ3v) is 11.6. The molecule has 0 fully saturated rings. The number of primary amides is 2. The van der Waals surface area contributed by atoms with Gasteiger partial charge >= 0.3 is 0 Å². The third-order valence-electron chi connectivity index (χ3n) is 11.6. The Hall–Kier alpha value is -1.06. The van der Waals surface area contributed by atoms with Crippen LogP contribution in [0.2, 0.25) is 0 Å². The van der Waals surface area contributed by atoms with Gasteiger partial charge in [-0.25, -0.2) is 0 Å². The number of amides is 2. The van der Waals surface area contributed by atoms with E-state index in [0.29, 0.717) is 12.8 Å². The maximum Gasteiger partial charge on any atom is 0.217 e. The van der Waals surface area contributed by atoms with Gasteiger partial charge in [-0.2, -0.15) is 0 Å². The molecule has 4 heteroatoms. The zero-order valence-electron chi connectivity index (χ0n) is 35.5. The summed E-state index contributed by atoms with van der Waals surface area (Å²) in [5.74, 6) is -0.298. The predicted molar refractivity (Wildman–Crippen MR) is 231 cm³/mol. The second-order valence-electron chi connectivity index (χ2n) is 17.0. The van der Waals surface area contributed by atoms with Crippen LogP contribution in [0.4, 0.5) is 0 Å². The highest BCUT2D eigenvalue weighted by Crippen LogP contribution is 2.18. The van der Waals surface area contributed by atoms with Gasteiger partial charge in [-0.3, -0.25) is 9.59 Å². The fourth-order valence-electron chi connectivity index (χ4n) is 8.02. The van der Waals surface area contributed by atoms with Crippen molar-refractivity contribution >= 4 is 11.8 Å². The predicted octanol–water partition coefficient (Wildman–Crippen LogP) is 15.9. The van der Waals surface area contributed by atoms with Crippen LogP contribution >= 0.6 is 0 Å². The van der Waals surface area contributed by atoms with Crippen LogP contribution in [0.5, 0.6) is 0 Å². The minimum atomic E-state index is -0.149. The van der Waals surface area contributed by atoms with E-state index in [4.69, 9.17) is 11.5 Å². The van der Waals surface area contributed by atoms with Gasteiger partial charge in [0.2, 0.25) is 11.8 Å². The Morgan fingerprint density at radius 2 is 0.250 bits per heavy atom. The average molecular weight is 733 g/mol. The molecule has 0 aromatic rings. The summed E-state index contributed by atoms with van der Waals surface area (Å²) in [4.78, 5) is 21.5. The van der Waals surface area contributed by atoms with E-state index >= 15 is 0 Å². The Bertz CT molecular complexity index is 638. The minimum absolute atomic E-state index is 0.149. The van der Waals surface area contributed by atoms with E-state index in [1.54, 1.807) is 0 Å². The van der Waals surface area contributed by atoms with Crippen molar-refractivity contribution < 1.29 is 9.59 Å². The fourth-order valence-corrected chi connectivity index (χ4v) is 8.02. The molecule has 0 saturated carbocycles. The first-order valence-corrected chi connectivity index (χ1v) is 24.2. The highest BCUT2D eigenvalue weighted by molar-refractivity contribution is 5.73. The number of carbonyl (C=O) groups is 2. The van der Waals surface area contributed by atoms with E-state index < -0.39 is 0 Å². The highest BCUT2D eigenvalue weighted by Gasteiger charge is 2.00. The molecule has 0 unspecified atom stereocenters. The summed E-state index contributed by atoms with van der Waals surface area (Å²) in [6.45, 7) is 0. The van der Waals surface area contributed by atoms with Crippen LogP contribution in [0.1, 0.15) is 295 Å². The van der Waals surface area contributed by atoms with E-state index in [1.165, 1.54) is 270 Å². The molecule has 0 aromatic carbocycles. The molecular formula is C48H96N2O2. The second kappa shape index (κ2) is 46.1. The molecule has 0 rings (SSSR count). The summed E-state index contributed by atoms with van der Waals surface area (Å²) < 4.78 is 0. The van der Waals surface area contributed by atoms with Crippen molar-refractivity contribution in [1.29, 1.82) is 0 Å². The van der Waals surface area contributed by atoms with Crippen LogP contribution in [0.3, 0.4) is 0 Å². The highest BCUT2D eigenvalue weighted by atomic mass is 16.1. The lowest BCUT2D eigenvalue weighted by Gasteiger charge is -2.05. The summed E-state index contributed by atoms with van der Waals surface area (Å²) in [6.07, 6.45) is 62.8. The lowest BCUT2D eigenvalue weighted by atomic mass is 10.0. The minimum Gasteiger partial charge on any atom is -0.370 e. The second-order valence-corrected chi connectivity index (χ2v) is 17.0. The molecule has 0 aliphatic carbocycles. The maximum absolute atomic E-state index is 10.7.